The first kappa shape index (κ1) is 13.4. The topological polar surface area (TPSA) is 0 Å². The third-order valence-electron chi connectivity index (χ3n) is 5.95. The van der Waals surface area contributed by atoms with E-state index in [0.29, 0.717) is 10.8 Å². The second kappa shape index (κ2) is 3.75. The molecule has 1 heteroatoms. The van der Waals surface area contributed by atoms with Gasteiger partial charge in [-0.15, -0.1) is 0 Å². The van der Waals surface area contributed by atoms with Crippen molar-refractivity contribution in [1.29, 1.82) is 0 Å². The van der Waals surface area contributed by atoms with Crippen LogP contribution < -0.4 is 5.19 Å². The fourth-order valence-electron chi connectivity index (χ4n) is 4.33. The molecular weight excluding hydrogens is 244 g/mol. The smallest absolute Gasteiger partial charge is 0.0652 e. The number of benzene rings is 1. The fourth-order valence-corrected chi connectivity index (χ4v) is 9.55. The molecule has 0 amide bonds. The van der Waals surface area contributed by atoms with Crippen LogP contribution in [0.5, 0.6) is 0 Å². The Hall–Kier alpha value is -0.563. The van der Waals surface area contributed by atoms with E-state index in [0.717, 1.165) is 0 Å². The Balaban J connectivity index is 2.37. The highest BCUT2D eigenvalue weighted by Crippen LogP contribution is 2.46. The van der Waals surface area contributed by atoms with Gasteiger partial charge in [0.1, 0.15) is 0 Å². The molecule has 2 aliphatic rings. The normalized spacial score (nSPS) is 25.8. The molecule has 104 valence electrons. The van der Waals surface area contributed by atoms with E-state index in [9.17, 15) is 0 Å². The van der Waals surface area contributed by atoms with Gasteiger partial charge in [0.25, 0.3) is 0 Å². The highest BCUT2D eigenvalue weighted by atomic mass is 28.3. The van der Waals surface area contributed by atoms with Gasteiger partial charge in [-0.05, 0) is 41.7 Å². The quantitative estimate of drug-likeness (QED) is 0.603. The van der Waals surface area contributed by atoms with Crippen LogP contribution in [0.25, 0.3) is 0 Å². The van der Waals surface area contributed by atoms with Crippen LogP contribution in [0.4, 0.5) is 0 Å². The van der Waals surface area contributed by atoms with Gasteiger partial charge < -0.3 is 0 Å². The first-order chi connectivity index (χ1) is 8.66. The highest BCUT2D eigenvalue weighted by molar-refractivity contribution is 6.92. The van der Waals surface area contributed by atoms with Gasteiger partial charge >= 0.3 is 0 Å². The lowest BCUT2D eigenvalue weighted by molar-refractivity contribution is 0.465. The third-order valence-corrected chi connectivity index (χ3v) is 10.4. The first-order valence-corrected chi connectivity index (χ1v) is 10.7. The highest BCUT2D eigenvalue weighted by Gasteiger charge is 2.47. The molecule has 1 aromatic carbocycles. The van der Waals surface area contributed by atoms with Crippen molar-refractivity contribution in [3.8, 4) is 0 Å². The van der Waals surface area contributed by atoms with Crippen LogP contribution in [-0.4, -0.2) is 8.07 Å². The number of aryl methyl sites for hydroxylation is 1. The van der Waals surface area contributed by atoms with E-state index in [2.05, 4.69) is 53.3 Å². The van der Waals surface area contributed by atoms with Crippen molar-refractivity contribution < 1.29 is 0 Å². The molecule has 0 N–H and O–H groups in total. The molecule has 0 bridgehead atoms. The van der Waals surface area contributed by atoms with Crippen LogP contribution in [0.3, 0.4) is 0 Å². The predicted octanol–water partition coefficient (Wildman–Crippen LogP) is 4.64. The largest absolute Gasteiger partial charge is 0.0845 e. The molecular formula is C18H28Si. The fraction of sp³-hybridized carbons (Fsp3) is 0.667. The summed E-state index contributed by atoms with van der Waals surface area (Å²) >= 11 is 0. The molecule has 2 heterocycles. The SMILES string of the molecule is Cc1cc2c3c(c1)C(C)(C)CC[Si]3(C)CCC2(C)C. The molecule has 19 heavy (non-hydrogen) atoms. The van der Waals surface area contributed by atoms with E-state index in [1.54, 1.807) is 11.1 Å². The Morgan fingerprint density at radius 1 is 0.895 bits per heavy atom. The van der Waals surface area contributed by atoms with E-state index in [4.69, 9.17) is 0 Å². The molecule has 0 unspecified atom stereocenters. The lowest BCUT2D eigenvalue weighted by Crippen LogP contribution is -2.59. The van der Waals surface area contributed by atoms with Gasteiger partial charge in [0.05, 0.1) is 8.07 Å². The van der Waals surface area contributed by atoms with E-state index in [-0.39, 0.29) is 0 Å². The summed E-state index contributed by atoms with van der Waals surface area (Å²) in [6.07, 6.45) is 2.79. The van der Waals surface area contributed by atoms with Crippen molar-refractivity contribution >= 4 is 13.3 Å². The summed E-state index contributed by atoms with van der Waals surface area (Å²) in [5.41, 5.74) is 5.65. The van der Waals surface area contributed by atoms with E-state index in [1.165, 1.54) is 30.5 Å². The maximum Gasteiger partial charge on any atom is 0.0845 e. The Morgan fingerprint density at radius 2 is 1.32 bits per heavy atom. The minimum absolute atomic E-state index is 0.385. The van der Waals surface area contributed by atoms with Crippen LogP contribution in [0.15, 0.2) is 12.1 Å². The number of rotatable bonds is 0. The summed E-state index contributed by atoms with van der Waals surface area (Å²) in [7, 11) is -1.19. The summed E-state index contributed by atoms with van der Waals surface area (Å²) in [5, 5.41) is 1.85. The molecule has 0 fully saturated rings. The molecule has 2 aliphatic heterocycles. The molecule has 0 atom stereocenters. The van der Waals surface area contributed by atoms with Gasteiger partial charge in [-0.2, -0.15) is 0 Å². The Morgan fingerprint density at radius 3 is 1.74 bits per heavy atom. The summed E-state index contributed by atoms with van der Waals surface area (Å²) < 4.78 is 0. The van der Waals surface area contributed by atoms with Crippen molar-refractivity contribution in [3.63, 3.8) is 0 Å². The minimum Gasteiger partial charge on any atom is -0.0652 e. The Labute approximate surface area is 119 Å². The van der Waals surface area contributed by atoms with Crippen molar-refractivity contribution in [2.24, 2.45) is 0 Å². The zero-order valence-corrected chi connectivity index (χ0v) is 14.5. The van der Waals surface area contributed by atoms with Gasteiger partial charge in [0.15, 0.2) is 0 Å². The van der Waals surface area contributed by atoms with E-state index < -0.39 is 8.07 Å². The Kier molecular flexibility index (Phi) is 2.65. The predicted molar refractivity (Wildman–Crippen MR) is 87.3 cm³/mol. The van der Waals surface area contributed by atoms with E-state index >= 15 is 0 Å². The maximum absolute atomic E-state index is 2.65. The summed E-state index contributed by atoms with van der Waals surface area (Å²) in [5.74, 6) is 0. The molecule has 1 aromatic rings. The second-order valence-corrected chi connectivity index (χ2v) is 13.2. The molecule has 0 aliphatic carbocycles. The average molecular weight is 273 g/mol. The number of hydrogen-bond donors (Lipinski definition) is 0. The van der Waals surface area contributed by atoms with Crippen LogP contribution in [0, 0.1) is 6.92 Å². The van der Waals surface area contributed by atoms with Crippen LogP contribution in [0.1, 0.15) is 57.2 Å². The van der Waals surface area contributed by atoms with Gasteiger partial charge in [-0.1, -0.05) is 69.2 Å². The zero-order chi connectivity index (χ0) is 14.1. The minimum atomic E-state index is -1.19. The molecule has 0 spiro atoms. The number of hydrogen-bond acceptors (Lipinski definition) is 0. The maximum atomic E-state index is 2.65. The Bertz CT molecular complexity index is 496. The zero-order valence-electron chi connectivity index (χ0n) is 13.5. The van der Waals surface area contributed by atoms with Crippen molar-refractivity contribution in [1.82, 2.24) is 0 Å². The lowest BCUT2D eigenvalue weighted by atomic mass is 9.75. The van der Waals surface area contributed by atoms with Gasteiger partial charge in [-0.3, -0.25) is 0 Å². The van der Waals surface area contributed by atoms with Crippen LogP contribution in [0.2, 0.25) is 18.6 Å². The third kappa shape index (κ3) is 1.85. The van der Waals surface area contributed by atoms with Gasteiger partial charge in [0, 0.05) is 0 Å². The molecule has 0 saturated heterocycles. The summed E-state index contributed by atoms with van der Waals surface area (Å²) in [6.45, 7) is 14.8. The van der Waals surface area contributed by atoms with Crippen LogP contribution >= 0.6 is 0 Å². The van der Waals surface area contributed by atoms with Crippen molar-refractivity contribution in [3.05, 3.63) is 28.8 Å². The monoisotopic (exact) mass is 272 g/mol. The molecule has 0 nitrogen and oxygen atoms in total. The van der Waals surface area contributed by atoms with Crippen molar-refractivity contribution in [2.75, 3.05) is 0 Å². The summed E-state index contributed by atoms with van der Waals surface area (Å²) in [4.78, 5) is 0. The van der Waals surface area contributed by atoms with Gasteiger partial charge in [-0.25, -0.2) is 0 Å². The summed E-state index contributed by atoms with van der Waals surface area (Å²) in [6, 6.07) is 8.01. The van der Waals surface area contributed by atoms with Gasteiger partial charge in [0.2, 0.25) is 0 Å². The second-order valence-electron chi connectivity index (χ2n) is 8.56. The van der Waals surface area contributed by atoms with Crippen molar-refractivity contribution in [2.45, 2.75) is 76.9 Å². The molecule has 0 radical (unpaired) electrons. The van der Waals surface area contributed by atoms with Crippen LogP contribution in [-0.2, 0) is 10.8 Å². The standard InChI is InChI=1S/C18H28Si/c1-13-11-14-16-15(12-13)18(4,5)8-10-19(16,6)9-7-17(14,2)3/h11-12H,7-10H2,1-6H3. The lowest BCUT2D eigenvalue weighted by Gasteiger charge is -2.50. The molecule has 0 saturated carbocycles. The molecule has 0 aromatic heterocycles. The average Bonchev–Trinajstić information content (AvgIpc) is 2.31. The van der Waals surface area contributed by atoms with E-state index in [1.807, 2.05) is 5.19 Å². The molecule has 3 rings (SSSR count). The first-order valence-electron chi connectivity index (χ1n) is 7.82.